The van der Waals surface area contributed by atoms with Gasteiger partial charge >= 0.3 is 0 Å². The van der Waals surface area contributed by atoms with E-state index < -0.39 is 0 Å². The van der Waals surface area contributed by atoms with Gasteiger partial charge in [-0.15, -0.1) is 0 Å². The third-order valence-electron chi connectivity index (χ3n) is 4.23. The van der Waals surface area contributed by atoms with Gasteiger partial charge in [-0.1, -0.05) is 30.3 Å². The summed E-state index contributed by atoms with van der Waals surface area (Å²) >= 11 is 1.64. The molecule has 0 bridgehead atoms. The molecule has 1 saturated heterocycles. The molecule has 1 aromatic heterocycles. The average molecular weight is 328 g/mol. The summed E-state index contributed by atoms with van der Waals surface area (Å²) in [4.78, 5) is 28.2. The van der Waals surface area contributed by atoms with Crippen LogP contribution < -0.4 is 0 Å². The Morgan fingerprint density at radius 2 is 1.96 bits per heavy atom. The fourth-order valence-electron chi connectivity index (χ4n) is 2.91. The average Bonchev–Trinajstić information content (AvgIpc) is 3.15. The maximum absolute atomic E-state index is 12.6. The first-order chi connectivity index (χ1) is 11.1. The van der Waals surface area contributed by atoms with Crippen molar-refractivity contribution in [2.45, 2.75) is 25.4 Å². The highest BCUT2D eigenvalue weighted by molar-refractivity contribution is 7.07. The Morgan fingerprint density at radius 1 is 1.17 bits per heavy atom. The van der Waals surface area contributed by atoms with Gasteiger partial charge in [0.05, 0.1) is 12.5 Å². The van der Waals surface area contributed by atoms with E-state index in [1.165, 1.54) is 10.5 Å². The maximum Gasteiger partial charge on any atom is 0.247 e. The fourth-order valence-corrected chi connectivity index (χ4v) is 3.57. The summed E-state index contributed by atoms with van der Waals surface area (Å²) in [5.41, 5.74) is 2.32. The van der Waals surface area contributed by atoms with Crippen LogP contribution >= 0.6 is 11.3 Å². The largest absolute Gasteiger partial charge is 0.290 e. The van der Waals surface area contributed by atoms with E-state index in [9.17, 15) is 9.59 Å². The minimum absolute atomic E-state index is 0.0619. The Hall–Kier alpha value is -1.98. The third-order valence-corrected chi connectivity index (χ3v) is 4.96. The molecular formula is C18H20N2O2S. The summed E-state index contributed by atoms with van der Waals surface area (Å²) < 4.78 is 0. The first-order valence-corrected chi connectivity index (χ1v) is 8.69. The topological polar surface area (TPSA) is 40.6 Å². The Kier molecular flexibility index (Phi) is 4.88. The molecule has 0 N–H and O–H groups in total. The van der Waals surface area contributed by atoms with Gasteiger partial charge in [0, 0.05) is 13.1 Å². The number of likely N-dealkylation sites (N-methyl/N-ethyl adjacent to an activating group) is 1. The summed E-state index contributed by atoms with van der Waals surface area (Å²) in [5.74, 6) is -0.128. The van der Waals surface area contributed by atoms with Crippen molar-refractivity contribution in [1.82, 2.24) is 9.80 Å². The van der Waals surface area contributed by atoms with Crippen molar-refractivity contribution in [2.24, 2.45) is 0 Å². The monoisotopic (exact) mass is 328 g/mol. The van der Waals surface area contributed by atoms with E-state index in [4.69, 9.17) is 0 Å². The molecule has 0 aliphatic carbocycles. The molecule has 1 aliphatic heterocycles. The number of benzene rings is 1. The number of imide groups is 1. The molecule has 2 aromatic rings. The lowest BCUT2D eigenvalue weighted by atomic mass is 10.1. The summed E-state index contributed by atoms with van der Waals surface area (Å²) in [6.45, 7) is 1.16. The van der Waals surface area contributed by atoms with E-state index in [-0.39, 0.29) is 24.3 Å². The normalized spacial score (nSPS) is 18.2. The first-order valence-electron chi connectivity index (χ1n) is 7.74. The second-order valence-electron chi connectivity index (χ2n) is 5.89. The Labute approximate surface area is 140 Å². The van der Waals surface area contributed by atoms with Crippen LogP contribution in [0.2, 0.25) is 0 Å². The van der Waals surface area contributed by atoms with E-state index in [0.29, 0.717) is 19.5 Å². The number of hydrogen-bond donors (Lipinski definition) is 0. The van der Waals surface area contributed by atoms with Gasteiger partial charge in [0.25, 0.3) is 0 Å². The molecule has 1 aromatic carbocycles. The lowest BCUT2D eigenvalue weighted by Crippen LogP contribution is -2.40. The van der Waals surface area contributed by atoms with E-state index in [0.717, 1.165) is 5.56 Å². The molecular weight excluding hydrogens is 308 g/mol. The maximum atomic E-state index is 12.6. The zero-order valence-corrected chi connectivity index (χ0v) is 14.0. The van der Waals surface area contributed by atoms with Crippen LogP contribution in [-0.2, 0) is 22.6 Å². The molecule has 2 amide bonds. The van der Waals surface area contributed by atoms with Gasteiger partial charge in [0.2, 0.25) is 11.8 Å². The summed E-state index contributed by atoms with van der Waals surface area (Å²) in [6, 6.07) is 11.7. The van der Waals surface area contributed by atoms with Gasteiger partial charge in [-0.05, 0) is 41.4 Å². The molecule has 1 aliphatic rings. The molecule has 4 nitrogen and oxygen atoms in total. The van der Waals surface area contributed by atoms with E-state index in [1.807, 2.05) is 47.7 Å². The molecule has 3 rings (SSSR count). The van der Waals surface area contributed by atoms with Crippen LogP contribution in [-0.4, -0.2) is 41.2 Å². The minimum atomic E-state index is -0.335. The van der Waals surface area contributed by atoms with Crippen molar-refractivity contribution in [3.05, 3.63) is 58.3 Å². The molecule has 5 heteroatoms. The van der Waals surface area contributed by atoms with E-state index >= 15 is 0 Å². The quantitative estimate of drug-likeness (QED) is 0.765. The number of likely N-dealkylation sites (tertiary alicyclic amines) is 1. The number of thiophene rings is 1. The van der Waals surface area contributed by atoms with Crippen LogP contribution in [0.25, 0.3) is 0 Å². The van der Waals surface area contributed by atoms with Gasteiger partial charge in [0.15, 0.2) is 0 Å². The van der Waals surface area contributed by atoms with Crippen LogP contribution in [0, 0.1) is 0 Å². The van der Waals surface area contributed by atoms with E-state index in [2.05, 4.69) is 11.4 Å². The Balaban J connectivity index is 1.60. The van der Waals surface area contributed by atoms with Crippen LogP contribution in [0.4, 0.5) is 0 Å². The highest BCUT2D eigenvalue weighted by Crippen LogP contribution is 2.20. The number of carbonyl (C=O) groups excluding carboxylic acids is 2. The minimum Gasteiger partial charge on any atom is -0.290 e. The van der Waals surface area contributed by atoms with Gasteiger partial charge in [0.1, 0.15) is 0 Å². The van der Waals surface area contributed by atoms with Crippen molar-refractivity contribution < 1.29 is 9.59 Å². The van der Waals surface area contributed by atoms with Crippen LogP contribution in [0.5, 0.6) is 0 Å². The molecule has 2 heterocycles. The van der Waals surface area contributed by atoms with Gasteiger partial charge < -0.3 is 0 Å². The number of nitrogens with zero attached hydrogens (tertiary/aromatic N) is 2. The number of carbonyl (C=O) groups is 2. The molecule has 0 radical (unpaired) electrons. The first kappa shape index (κ1) is 15.9. The third kappa shape index (κ3) is 3.68. The summed E-state index contributed by atoms with van der Waals surface area (Å²) in [7, 11) is 1.91. The van der Waals surface area contributed by atoms with Crippen LogP contribution in [0.3, 0.4) is 0 Å². The second kappa shape index (κ2) is 7.06. The Morgan fingerprint density at radius 3 is 2.65 bits per heavy atom. The zero-order chi connectivity index (χ0) is 16.2. The highest BCUT2D eigenvalue weighted by atomic mass is 32.1. The summed E-state index contributed by atoms with van der Waals surface area (Å²) in [6.07, 6.45) is 0.994. The number of rotatable bonds is 6. The SMILES string of the molecule is CN(Cc1ccsc1)[C@@H]1CC(=O)N(CCc2ccccc2)C1=O. The fraction of sp³-hybridized carbons (Fsp3) is 0.333. The van der Waals surface area contributed by atoms with Crippen molar-refractivity contribution in [2.75, 3.05) is 13.6 Å². The van der Waals surface area contributed by atoms with Gasteiger partial charge in [-0.3, -0.25) is 19.4 Å². The molecule has 0 spiro atoms. The lowest BCUT2D eigenvalue weighted by Gasteiger charge is -2.22. The van der Waals surface area contributed by atoms with Gasteiger partial charge in [-0.2, -0.15) is 11.3 Å². The standard InChI is InChI=1S/C18H20N2O2S/c1-19(12-15-8-10-23-13-15)16-11-17(21)20(18(16)22)9-7-14-5-3-2-4-6-14/h2-6,8,10,13,16H,7,9,11-12H2,1H3/t16-/m1/s1. The van der Waals surface area contributed by atoms with Crippen molar-refractivity contribution in [3.8, 4) is 0 Å². The molecule has 0 saturated carbocycles. The molecule has 1 atom stereocenters. The smallest absolute Gasteiger partial charge is 0.247 e. The van der Waals surface area contributed by atoms with Crippen molar-refractivity contribution in [3.63, 3.8) is 0 Å². The predicted molar refractivity (Wildman–Crippen MR) is 91.1 cm³/mol. The zero-order valence-electron chi connectivity index (χ0n) is 13.1. The predicted octanol–water partition coefficient (Wildman–Crippen LogP) is 2.55. The molecule has 120 valence electrons. The molecule has 23 heavy (non-hydrogen) atoms. The van der Waals surface area contributed by atoms with Crippen LogP contribution in [0.1, 0.15) is 17.5 Å². The van der Waals surface area contributed by atoms with Crippen molar-refractivity contribution >= 4 is 23.2 Å². The number of amides is 2. The van der Waals surface area contributed by atoms with Crippen LogP contribution in [0.15, 0.2) is 47.2 Å². The molecule has 1 fully saturated rings. The second-order valence-corrected chi connectivity index (χ2v) is 6.67. The highest BCUT2D eigenvalue weighted by Gasteiger charge is 2.40. The van der Waals surface area contributed by atoms with Crippen molar-refractivity contribution in [1.29, 1.82) is 0 Å². The summed E-state index contributed by atoms with van der Waals surface area (Å²) in [5, 5.41) is 4.10. The van der Waals surface area contributed by atoms with Gasteiger partial charge in [-0.25, -0.2) is 0 Å². The number of hydrogen-bond acceptors (Lipinski definition) is 4. The Bertz CT molecular complexity index is 670. The van der Waals surface area contributed by atoms with E-state index in [1.54, 1.807) is 11.3 Å². The lowest BCUT2D eigenvalue weighted by molar-refractivity contribution is -0.139. The molecule has 0 unspecified atom stereocenters.